The van der Waals surface area contributed by atoms with Crippen molar-refractivity contribution < 1.29 is 0 Å². The predicted molar refractivity (Wildman–Crippen MR) is 50.7 cm³/mol. The number of hydrogen-bond donors (Lipinski definition) is 2. The first-order valence-corrected chi connectivity index (χ1v) is 4.38. The van der Waals surface area contributed by atoms with Crippen molar-refractivity contribution in [3.8, 4) is 0 Å². The number of anilines is 2. The number of rotatable bonds is 0. The van der Waals surface area contributed by atoms with E-state index in [1.807, 2.05) is 12.1 Å². The molecule has 0 amide bonds. The summed E-state index contributed by atoms with van der Waals surface area (Å²) in [5, 5.41) is 3.29. The molecule has 1 heterocycles. The number of halogens is 1. The monoisotopic (exact) mass is 212 g/mol. The van der Waals surface area contributed by atoms with Crippen molar-refractivity contribution in [1.29, 1.82) is 0 Å². The Morgan fingerprint density at radius 2 is 2.27 bits per heavy atom. The van der Waals surface area contributed by atoms with Gasteiger partial charge in [0.1, 0.15) is 0 Å². The van der Waals surface area contributed by atoms with Crippen molar-refractivity contribution in [2.24, 2.45) is 0 Å². The van der Waals surface area contributed by atoms with E-state index in [1.54, 1.807) is 0 Å². The molecule has 0 atom stereocenters. The lowest BCUT2D eigenvalue weighted by Crippen LogP contribution is -1.92. The topological polar surface area (TPSA) is 38.0 Å². The Kier molecular flexibility index (Phi) is 1.53. The fourth-order valence-electron chi connectivity index (χ4n) is 1.40. The zero-order valence-electron chi connectivity index (χ0n) is 6.02. The number of benzene rings is 1. The highest BCUT2D eigenvalue weighted by molar-refractivity contribution is 9.10. The van der Waals surface area contributed by atoms with Gasteiger partial charge in [-0.25, -0.2) is 0 Å². The molecule has 1 aromatic carbocycles. The molecule has 1 aliphatic rings. The van der Waals surface area contributed by atoms with Crippen LogP contribution in [0.4, 0.5) is 11.4 Å². The van der Waals surface area contributed by atoms with Crippen LogP contribution in [-0.4, -0.2) is 6.54 Å². The maximum absolute atomic E-state index is 5.67. The summed E-state index contributed by atoms with van der Waals surface area (Å²) in [4.78, 5) is 0. The first-order valence-electron chi connectivity index (χ1n) is 3.59. The molecule has 3 N–H and O–H groups in total. The molecule has 0 saturated heterocycles. The van der Waals surface area contributed by atoms with Gasteiger partial charge in [0.05, 0.1) is 5.69 Å². The predicted octanol–water partition coefficient (Wildman–Crippen LogP) is 2.00. The van der Waals surface area contributed by atoms with Crippen molar-refractivity contribution in [3.05, 3.63) is 22.2 Å². The van der Waals surface area contributed by atoms with E-state index in [9.17, 15) is 0 Å². The molecule has 2 rings (SSSR count). The molecule has 1 aliphatic heterocycles. The number of nitrogens with two attached hydrogens (primary N) is 1. The van der Waals surface area contributed by atoms with Gasteiger partial charge in [0.2, 0.25) is 0 Å². The van der Waals surface area contributed by atoms with Gasteiger partial charge >= 0.3 is 0 Å². The van der Waals surface area contributed by atoms with Crippen LogP contribution in [0, 0.1) is 0 Å². The van der Waals surface area contributed by atoms with E-state index in [4.69, 9.17) is 5.73 Å². The Balaban J connectivity index is 2.60. The van der Waals surface area contributed by atoms with Crippen LogP contribution in [0.3, 0.4) is 0 Å². The van der Waals surface area contributed by atoms with Crippen molar-refractivity contribution in [3.63, 3.8) is 0 Å². The molecule has 0 saturated carbocycles. The molecule has 0 unspecified atom stereocenters. The molecular weight excluding hydrogens is 204 g/mol. The molecule has 0 radical (unpaired) electrons. The maximum Gasteiger partial charge on any atom is 0.0519 e. The third-order valence-corrected chi connectivity index (χ3v) is 2.52. The van der Waals surface area contributed by atoms with Gasteiger partial charge in [-0.3, -0.25) is 0 Å². The van der Waals surface area contributed by atoms with Gasteiger partial charge in [0, 0.05) is 16.7 Å². The summed E-state index contributed by atoms with van der Waals surface area (Å²) in [7, 11) is 0. The highest BCUT2D eigenvalue weighted by atomic mass is 79.9. The molecule has 0 spiro atoms. The molecule has 0 bridgehead atoms. The minimum atomic E-state index is 0.833. The van der Waals surface area contributed by atoms with E-state index in [0.29, 0.717) is 0 Å². The van der Waals surface area contributed by atoms with Gasteiger partial charge in [-0.1, -0.05) is 0 Å². The standard InChI is InChI=1S/C8H9BrN2/c9-7-4-6(10)3-5-1-2-11-8(5)7/h3-4,11H,1-2,10H2. The van der Waals surface area contributed by atoms with Crippen LogP contribution < -0.4 is 11.1 Å². The molecule has 58 valence electrons. The summed E-state index contributed by atoms with van der Waals surface area (Å²) in [5.74, 6) is 0. The summed E-state index contributed by atoms with van der Waals surface area (Å²) in [6, 6.07) is 3.96. The van der Waals surface area contributed by atoms with Gasteiger partial charge in [-0.15, -0.1) is 0 Å². The van der Waals surface area contributed by atoms with E-state index in [1.165, 1.54) is 11.3 Å². The second kappa shape index (κ2) is 2.41. The molecular formula is C8H9BrN2. The van der Waals surface area contributed by atoms with Crippen molar-refractivity contribution in [2.45, 2.75) is 6.42 Å². The lowest BCUT2D eigenvalue weighted by atomic mass is 10.1. The van der Waals surface area contributed by atoms with Crippen molar-refractivity contribution in [1.82, 2.24) is 0 Å². The lowest BCUT2D eigenvalue weighted by molar-refractivity contribution is 1.11. The van der Waals surface area contributed by atoms with Crippen molar-refractivity contribution >= 4 is 27.3 Å². The van der Waals surface area contributed by atoms with Gasteiger partial charge in [-0.05, 0) is 40.0 Å². The molecule has 0 aromatic heterocycles. The number of nitrogens with one attached hydrogen (secondary N) is 1. The quantitative estimate of drug-likeness (QED) is 0.647. The third kappa shape index (κ3) is 1.09. The largest absolute Gasteiger partial charge is 0.399 e. The molecule has 3 heteroatoms. The molecule has 1 aromatic rings. The average Bonchev–Trinajstić information content (AvgIpc) is 2.34. The number of hydrogen-bond acceptors (Lipinski definition) is 2. The first kappa shape index (κ1) is 6.98. The average molecular weight is 213 g/mol. The zero-order chi connectivity index (χ0) is 7.84. The smallest absolute Gasteiger partial charge is 0.0519 e. The summed E-state index contributed by atoms with van der Waals surface area (Å²) < 4.78 is 1.07. The highest BCUT2D eigenvalue weighted by Crippen LogP contribution is 2.32. The summed E-state index contributed by atoms with van der Waals surface area (Å²) >= 11 is 3.46. The minimum Gasteiger partial charge on any atom is -0.399 e. The van der Waals surface area contributed by atoms with Crippen LogP contribution in [-0.2, 0) is 6.42 Å². The Hall–Kier alpha value is -0.700. The Morgan fingerprint density at radius 1 is 1.45 bits per heavy atom. The lowest BCUT2D eigenvalue weighted by Gasteiger charge is -2.03. The molecule has 0 aliphatic carbocycles. The minimum absolute atomic E-state index is 0.833. The molecule has 2 nitrogen and oxygen atoms in total. The second-order valence-corrected chi connectivity index (χ2v) is 3.57. The summed E-state index contributed by atoms with van der Waals surface area (Å²) in [5.41, 5.74) is 9.03. The Morgan fingerprint density at radius 3 is 3.09 bits per heavy atom. The van der Waals surface area contributed by atoms with Gasteiger partial charge in [0.15, 0.2) is 0 Å². The number of fused-ring (bicyclic) bond motifs is 1. The first-order chi connectivity index (χ1) is 5.27. The highest BCUT2D eigenvalue weighted by Gasteiger charge is 2.12. The van der Waals surface area contributed by atoms with Gasteiger partial charge in [0.25, 0.3) is 0 Å². The Labute approximate surface area is 73.9 Å². The maximum atomic E-state index is 5.67. The van der Waals surface area contributed by atoms with E-state index >= 15 is 0 Å². The van der Waals surface area contributed by atoms with E-state index in [2.05, 4.69) is 21.2 Å². The summed E-state index contributed by atoms with van der Waals surface area (Å²) in [6.45, 7) is 1.03. The van der Waals surface area contributed by atoms with Gasteiger partial charge < -0.3 is 11.1 Å². The summed E-state index contributed by atoms with van der Waals surface area (Å²) in [6.07, 6.45) is 1.08. The number of nitrogen functional groups attached to an aromatic ring is 1. The van der Waals surface area contributed by atoms with Gasteiger partial charge in [-0.2, -0.15) is 0 Å². The van der Waals surface area contributed by atoms with E-state index in [0.717, 1.165) is 23.1 Å². The fourth-order valence-corrected chi connectivity index (χ4v) is 2.06. The van der Waals surface area contributed by atoms with Crippen LogP contribution in [0.1, 0.15) is 5.56 Å². The Bertz CT molecular complexity index is 296. The van der Waals surface area contributed by atoms with Crippen LogP contribution in [0.25, 0.3) is 0 Å². The van der Waals surface area contributed by atoms with Crippen LogP contribution in [0.2, 0.25) is 0 Å². The van der Waals surface area contributed by atoms with Crippen LogP contribution >= 0.6 is 15.9 Å². The fraction of sp³-hybridized carbons (Fsp3) is 0.250. The van der Waals surface area contributed by atoms with E-state index in [-0.39, 0.29) is 0 Å². The zero-order valence-corrected chi connectivity index (χ0v) is 7.61. The van der Waals surface area contributed by atoms with Crippen LogP contribution in [0.5, 0.6) is 0 Å². The van der Waals surface area contributed by atoms with Crippen LogP contribution in [0.15, 0.2) is 16.6 Å². The normalized spacial score (nSPS) is 14.3. The molecule has 0 fully saturated rings. The van der Waals surface area contributed by atoms with Crippen molar-refractivity contribution in [2.75, 3.05) is 17.6 Å². The van der Waals surface area contributed by atoms with E-state index < -0.39 is 0 Å². The third-order valence-electron chi connectivity index (χ3n) is 1.89. The second-order valence-electron chi connectivity index (χ2n) is 2.71. The SMILES string of the molecule is Nc1cc(Br)c2c(c1)CCN2. The molecule has 11 heavy (non-hydrogen) atoms.